The van der Waals surface area contributed by atoms with Gasteiger partial charge in [-0.2, -0.15) is 0 Å². The summed E-state index contributed by atoms with van der Waals surface area (Å²) in [5.74, 6) is 0.866. The van der Waals surface area contributed by atoms with Gasteiger partial charge in [-0.3, -0.25) is 9.59 Å². The summed E-state index contributed by atoms with van der Waals surface area (Å²) in [7, 11) is 1.71. The van der Waals surface area contributed by atoms with Crippen LogP contribution in [-0.4, -0.2) is 48.2 Å². The number of carbonyl (C=O) groups excluding carboxylic acids is 1. The fourth-order valence-electron chi connectivity index (χ4n) is 3.19. The summed E-state index contributed by atoms with van der Waals surface area (Å²) in [6.07, 6.45) is 4.18. The minimum atomic E-state index is -0.826. The number of ether oxygens (including phenoxy) is 1. The number of aliphatic carboxylic acids is 1. The summed E-state index contributed by atoms with van der Waals surface area (Å²) in [5, 5.41) is 8.62. The summed E-state index contributed by atoms with van der Waals surface area (Å²) in [5.41, 5.74) is 0. The molecule has 3 unspecified atom stereocenters. The average Bonchev–Trinajstić information content (AvgIpc) is 2.43. The first kappa shape index (κ1) is 18.9. The fraction of sp³-hybridized carbons (Fsp3) is 0.882. The Balaban J connectivity index is 2.38. The Morgan fingerprint density at radius 3 is 2.59 bits per heavy atom. The zero-order valence-corrected chi connectivity index (χ0v) is 14.4. The lowest BCUT2D eigenvalue weighted by Crippen LogP contribution is -2.38. The predicted octanol–water partition coefficient (Wildman–Crippen LogP) is 2.79. The topological polar surface area (TPSA) is 66.8 Å². The standard InChI is InChI=1S/C17H31NO4/c1-12(2)14-8-7-13(3)10-15(14)22-11-16(19)18(4)9-5-6-17(20)21/h12-15H,5-11H2,1-4H3,(H,20,21). The normalized spacial score (nSPS) is 25.2. The van der Waals surface area contributed by atoms with Crippen LogP contribution in [0.1, 0.15) is 52.9 Å². The lowest BCUT2D eigenvalue weighted by Gasteiger charge is -2.37. The van der Waals surface area contributed by atoms with E-state index in [2.05, 4.69) is 20.8 Å². The second-order valence-electron chi connectivity index (χ2n) is 6.99. The molecule has 1 fully saturated rings. The third kappa shape index (κ3) is 6.34. The molecule has 5 heteroatoms. The van der Waals surface area contributed by atoms with E-state index in [-0.39, 0.29) is 25.0 Å². The van der Waals surface area contributed by atoms with E-state index in [0.29, 0.717) is 30.7 Å². The van der Waals surface area contributed by atoms with Crippen LogP contribution in [-0.2, 0) is 14.3 Å². The molecule has 0 heterocycles. The summed E-state index contributed by atoms with van der Waals surface area (Å²) < 4.78 is 5.93. The van der Waals surface area contributed by atoms with Crippen LogP contribution in [0.15, 0.2) is 0 Å². The summed E-state index contributed by atoms with van der Waals surface area (Å²) >= 11 is 0. The largest absolute Gasteiger partial charge is 0.481 e. The summed E-state index contributed by atoms with van der Waals surface area (Å²) in [4.78, 5) is 24.1. The van der Waals surface area contributed by atoms with E-state index >= 15 is 0 Å². The van der Waals surface area contributed by atoms with Crippen LogP contribution in [0.4, 0.5) is 0 Å². The van der Waals surface area contributed by atoms with Gasteiger partial charge in [0.25, 0.3) is 0 Å². The van der Waals surface area contributed by atoms with Gasteiger partial charge in [-0.15, -0.1) is 0 Å². The SMILES string of the molecule is CC1CCC(C(C)C)C(OCC(=O)N(C)CCCC(=O)O)C1. The number of likely N-dealkylation sites (N-methyl/N-ethyl adjacent to an activating group) is 1. The second kappa shape index (κ2) is 9.13. The van der Waals surface area contributed by atoms with Crippen molar-refractivity contribution in [1.82, 2.24) is 4.90 Å². The van der Waals surface area contributed by atoms with E-state index in [1.54, 1.807) is 11.9 Å². The molecule has 0 aliphatic heterocycles. The molecule has 128 valence electrons. The molecule has 0 saturated heterocycles. The van der Waals surface area contributed by atoms with Crippen molar-refractivity contribution in [2.24, 2.45) is 17.8 Å². The van der Waals surface area contributed by atoms with E-state index in [9.17, 15) is 9.59 Å². The smallest absolute Gasteiger partial charge is 0.303 e. The Labute approximate surface area is 134 Å². The summed E-state index contributed by atoms with van der Waals surface area (Å²) in [6.45, 7) is 7.24. The molecule has 1 aliphatic rings. The van der Waals surface area contributed by atoms with Crippen LogP contribution in [0.25, 0.3) is 0 Å². The number of nitrogens with zero attached hydrogens (tertiary/aromatic N) is 1. The zero-order valence-electron chi connectivity index (χ0n) is 14.4. The monoisotopic (exact) mass is 313 g/mol. The second-order valence-corrected chi connectivity index (χ2v) is 6.99. The van der Waals surface area contributed by atoms with Crippen LogP contribution in [0.2, 0.25) is 0 Å². The minimum absolute atomic E-state index is 0.0638. The first-order valence-electron chi connectivity index (χ1n) is 8.38. The summed E-state index contributed by atoms with van der Waals surface area (Å²) in [6, 6.07) is 0. The van der Waals surface area contributed by atoms with Gasteiger partial charge in [0.1, 0.15) is 6.61 Å². The van der Waals surface area contributed by atoms with Crippen molar-refractivity contribution in [3.63, 3.8) is 0 Å². The van der Waals surface area contributed by atoms with Crippen LogP contribution in [0, 0.1) is 17.8 Å². The molecule has 1 N–H and O–H groups in total. The van der Waals surface area contributed by atoms with Crippen molar-refractivity contribution < 1.29 is 19.4 Å². The molecule has 1 saturated carbocycles. The van der Waals surface area contributed by atoms with Gasteiger partial charge in [0, 0.05) is 20.0 Å². The number of carboxylic acid groups (broad SMARTS) is 1. The highest BCUT2D eigenvalue weighted by Gasteiger charge is 2.31. The molecule has 1 amide bonds. The van der Waals surface area contributed by atoms with Gasteiger partial charge in [-0.1, -0.05) is 27.2 Å². The first-order valence-corrected chi connectivity index (χ1v) is 8.38. The maximum absolute atomic E-state index is 12.1. The molecule has 0 bridgehead atoms. The molecular formula is C17H31NO4. The van der Waals surface area contributed by atoms with Crippen molar-refractivity contribution in [3.05, 3.63) is 0 Å². The number of hydrogen-bond acceptors (Lipinski definition) is 3. The number of hydrogen-bond donors (Lipinski definition) is 1. The van der Waals surface area contributed by atoms with Crippen LogP contribution in [0.3, 0.4) is 0 Å². The molecule has 0 aromatic rings. The quantitative estimate of drug-likeness (QED) is 0.748. The highest BCUT2D eigenvalue weighted by molar-refractivity contribution is 5.77. The molecule has 5 nitrogen and oxygen atoms in total. The molecular weight excluding hydrogens is 282 g/mol. The van der Waals surface area contributed by atoms with Crippen molar-refractivity contribution >= 4 is 11.9 Å². The highest BCUT2D eigenvalue weighted by Crippen LogP contribution is 2.35. The zero-order chi connectivity index (χ0) is 16.7. The van der Waals surface area contributed by atoms with Gasteiger partial charge in [-0.25, -0.2) is 0 Å². The maximum Gasteiger partial charge on any atom is 0.303 e. The van der Waals surface area contributed by atoms with Crippen molar-refractivity contribution in [3.8, 4) is 0 Å². The molecule has 0 radical (unpaired) electrons. The molecule has 1 aliphatic carbocycles. The van der Waals surface area contributed by atoms with Gasteiger partial charge in [0.05, 0.1) is 6.10 Å². The lowest BCUT2D eigenvalue weighted by molar-refractivity contribution is -0.141. The molecule has 0 aromatic carbocycles. The number of carbonyl (C=O) groups is 2. The predicted molar refractivity (Wildman–Crippen MR) is 85.6 cm³/mol. The third-order valence-electron chi connectivity index (χ3n) is 4.69. The number of carboxylic acids is 1. The van der Waals surface area contributed by atoms with E-state index in [4.69, 9.17) is 9.84 Å². The first-order chi connectivity index (χ1) is 10.3. The van der Waals surface area contributed by atoms with Crippen molar-refractivity contribution in [2.45, 2.75) is 59.0 Å². The molecule has 0 aromatic heterocycles. The number of amides is 1. The van der Waals surface area contributed by atoms with Gasteiger partial charge in [0.2, 0.25) is 5.91 Å². The Hall–Kier alpha value is -1.10. The highest BCUT2D eigenvalue weighted by atomic mass is 16.5. The third-order valence-corrected chi connectivity index (χ3v) is 4.69. The minimum Gasteiger partial charge on any atom is -0.481 e. The van der Waals surface area contributed by atoms with E-state index < -0.39 is 5.97 Å². The van der Waals surface area contributed by atoms with Crippen LogP contribution >= 0.6 is 0 Å². The lowest BCUT2D eigenvalue weighted by atomic mass is 9.75. The Bertz CT molecular complexity index is 370. The van der Waals surface area contributed by atoms with Gasteiger partial charge in [-0.05, 0) is 37.0 Å². The van der Waals surface area contributed by atoms with Gasteiger partial charge < -0.3 is 14.7 Å². The average molecular weight is 313 g/mol. The van der Waals surface area contributed by atoms with E-state index in [1.165, 1.54) is 12.8 Å². The Kier molecular flexibility index (Phi) is 7.87. The van der Waals surface area contributed by atoms with Crippen molar-refractivity contribution in [2.75, 3.05) is 20.2 Å². The van der Waals surface area contributed by atoms with Crippen molar-refractivity contribution in [1.29, 1.82) is 0 Å². The van der Waals surface area contributed by atoms with E-state index in [0.717, 1.165) is 6.42 Å². The van der Waals surface area contributed by atoms with Gasteiger partial charge >= 0.3 is 5.97 Å². The van der Waals surface area contributed by atoms with E-state index in [1.807, 2.05) is 0 Å². The molecule has 22 heavy (non-hydrogen) atoms. The molecule has 1 rings (SSSR count). The maximum atomic E-state index is 12.1. The molecule has 0 spiro atoms. The molecule has 3 atom stereocenters. The van der Waals surface area contributed by atoms with Crippen LogP contribution in [0.5, 0.6) is 0 Å². The van der Waals surface area contributed by atoms with Gasteiger partial charge in [0.15, 0.2) is 0 Å². The Morgan fingerprint density at radius 2 is 2.00 bits per heavy atom. The fourth-order valence-corrected chi connectivity index (χ4v) is 3.19. The number of rotatable bonds is 8. The Morgan fingerprint density at radius 1 is 1.32 bits per heavy atom. The van der Waals surface area contributed by atoms with Crippen LogP contribution < -0.4 is 0 Å².